The predicted octanol–water partition coefficient (Wildman–Crippen LogP) is 2.57. The van der Waals surface area contributed by atoms with Gasteiger partial charge in [-0.15, -0.1) is 0 Å². The van der Waals surface area contributed by atoms with Crippen LogP contribution >= 0.6 is 7.14 Å². The molecule has 2 rings (SSSR count). The number of benzene rings is 2. The van der Waals surface area contributed by atoms with Crippen LogP contribution in [0.3, 0.4) is 0 Å². The minimum Gasteiger partial charge on any atom is -0.399 e. The minimum absolute atomic E-state index is 0.00361. The summed E-state index contributed by atoms with van der Waals surface area (Å²) in [7, 11) is -2.71. The molecule has 3 nitrogen and oxygen atoms in total. The van der Waals surface area contributed by atoms with Crippen molar-refractivity contribution in [2.24, 2.45) is 0 Å². The second-order valence-corrected chi connectivity index (χ2v) is 8.32. The number of anilines is 2. The third-order valence-electron chi connectivity index (χ3n) is 3.23. The smallest absolute Gasteiger partial charge is 0.145 e. The van der Waals surface area contributed by atoms with E-state index in [2.05, 4.69) is 0 Å². The largest absolute Gasteiger partial charge is 0.399 e. The zero-order valence-electron chi connectivity index (χ0n) is 11.2. The molecule has 0 saturated carbocycles. The first-order valence-corrected chi connectivity index (χ1v) is 8.04. The van der Waals surface area contributed by atoms with Crippen molar-refractivity contribution in [1.82, 2.24) is 0 Å². The van der Waals surface area contributed by atoms with Crippen molar-refractivity contribution in [2.45, 2.75) is 19.5 Å². The fourth-order valence-corrected chi connectivity index (χ4v) is 5.00. The molecule has 0 unspecified atom stereocenters. The molecular weight excluding hydrogens is 255 g/mol. The molecule has 0 aliphatic rings. The lowest BCUT2D eigenvalue weighted by Crippen LogP contribution is -2.23. The lowest BCUT2D eigenvalue weighted by Gasteiger charge is -2.23. The zero-order valence-corrected chi connectivity index (χ0v) is 12.1. The van der Waals surface area contributed by atoms with Crippen LogP contribution in [-0.4, -0.2) is 5.66 Å². The van der Waals surface area contributed by atoms with Gasteiger partial charge in [0, 0.05) is 27.6 Å². The third-order valence-corrected chi connectivity index (χ3v) is 6.78. The summed E-state index contributed by atoms with van der Waals surface area (Å²) in [6.07, 6.45) is 0. The first kappa shape index (κ1) is 13.7. The standard InChI is InChI=1S/C15H19N2OP/c1-11(2)19(18,14-7-3-5-12(16)9-14)15-8-4-6-13(17)10-15/h3-11H,16-17H2,1-2H3. The highest BCUT2D eigenvalue weighted by Crippen LogP contribution is 2.48. The van der Waals surface area contributed by atoms with Crippen molar-refractivity contribution in [3.05, 3.63) is 48.5 Å². The average Bonchev–Trinajstić information content (AvgIpc) is 2.37. The first-order valence-electron chi connectivity index (χ1n) is 6.26. The van der Waals surface area contributed by atoms with E-state index in [4.69, 9.17) is 11.5 Å². The SMILES string of the molecule is CC(C)P(=O)(c1cccc(N)c1)c1cccc(N)c1. The third kappa shape index (κ3) is 2.52. The van der Waals surface area contributed by atoms with Crippen LogP contribution in [0.25, 0.3) is 0 Å². The van der Waals surface area contributed by atoms with E-state index >= 15 is 0 Å². The van der Waals surface area contributed by atoms with Crippen LogP contribution in [0.4, 0.5) is 11.4 Å². The molecule has 2 aromatic carbocycles. The molecule has 0 saturated heterocycles. The molecule has 4 N–H and O–H groups in total. The zero-order chi connectivity index (χ0) is 14.0. The van der Waals surface area contributed by atoms with Crippen LogP contribution in [0.2, 0.25) is 0 Å². The van der Waals surface area contributed by atoms with Crippen molar-refractivity contribution in [3.8, 4) is 0 Å². The molecule has 0 bridgehead atoms. The van der Waals surface area contributed by atoms with E-state index in [1.807, 2.05) is 38.1 Å². The summed E-state index contributed by atoms with van der Waals surface area (Å²) in [5.41, 5.74) is 12.9. The number of hydrogen-bond donors (Lipinski definition) is 2. The molecule has 0 radical (unpaired) electrons. The molecule has 100 valence electrons. The average molecular weight is 274 g/mol. The van der Waals surface area contributed by atoms with Crippen LogP contribution in [0.5, 0.6) is 0 Å². The second kappa shape index (κ2) is 5.10. The summed E-state index contributed by atoms with van der Waals surface area (Å²) in [4.78, 5) is 0. The number of nitrogens with two attached hydrogens (primary N) is 2. The molecule has 19 heavy (non-hydrogen) atoms. The summed E-state index contributed by atoms with van der Waals surface area (Å²) in [5.74, 6) is 0. The molecule has 0 amide bonds. The Morgan fingerprint density at radius 2 is 1.32 bits per heavy atom. The summed E-state index contributed by atoms with van der Waals surface area (Å²) >= 11 is 0. The van der Waals surface area contributed by atoms with Crippen LogP contribution < -0.4 is 22.1 Å². The topological polar surface area (TPSA) is 69.1 Å². The van der Waals surface area contributed by atoms with Crippen molar-refractivity contribution >= 4 is 29.1 Å². The Hall–Kier alpha value is -1.73. The maximum absolute atomic E-state index is 13.5. The van der Waals surface area contributed by atoms with E-state index < -0.39 is 7.14 Å². The lowest BCUT2D eigenvalue weighted by molar-refractivity contribution is 0.581. The Bertz CT molecular complexity index is 588. The predicted molar refractivity (Wildman–Crippen MR) is 83.7 cm³/mol. The minimum atomic E-state index is -2.71. The van der Waals surface area contributed by atoms with E-state index in [9.17, 15) is 4.57 Å². The van der Waals surface area contributed by atoms with E-state index in [0.717, 1.165) is 10.6 Å². The summed E-state index contributed by atoms with van der Waals surface area (Å²) in [5, 5.41) is 1.57. The molecule has 0 atom stereocenters. The van der Waals surface area contributed by atoms with Crippen molar-refractivity contribution in [3.63, 3.8) is 0 Å². The van der Waals surface area contributed by atoms with E-state index in [0.29, 0.717) is 11.4 Å². The second-order valence-electron chi connectivity index (χ2n) is 4.94. The summed E-state index contributed by atoms with van der Waals surface area (Å²) in [6.45, 7) is 3.93. The van der Waals surface area contributed by atoms with Crippen LogP contribution in [0.1, 0.15) is 13.8 Å². The van der Waals surface area contributed by atoms with Gasteiger partial charge in [-0.3, -0.25) is 0 Å². The quantitative estimate of drug-likeness (QED) is 0.667. The Morgan fingerprint density at radius 1 is 0.895 bits per heavy atom. The van der Waals surface area contributed by atoms with Gasteiger partial charge in [0.2, 0.25) is 0 Å². The maximum Gasteiger partial charge on any atom is 0.145 e. The highest BCUT2D eigenvalue weighted by Gasteiger charge is 2.31. The number of rotatable bonds is 3. The normalized spacial score (nSPS) is 11.7. The van der Waals surface area contributed by atoms with Gasteiger partial charge in [-0.05, 0) is 24.3 Å². The maximum atomic E-state index is 13.5. The highest BCUT2D eigenvalue weighted by atomic mass is 31.2. The van der Waals surface area contributed by atoms with Gasteiger partial charge in [0.05, 0.1) is 0 Å². The molecule has 2 aromatic rings. The molecular formula is C15H19N2OP. The molecule has 0 spiro atoms. The Balaban J connectivity index is 2.65. The fourth-order valence-electron chi connectivity index (χ4n) is 2.21. The van der Waals surface area contributed by atoms with Crippen molar-refractivity contribution in [1.29, 1.82) is 0 Å². The Labute approximate surface area is 114 Å². The van der Waals surface area contributed by atoms with Gasteiger partial charge in [-0.2, -0.15) is 0 Å². The first-order chi connectivity index (χ1) is 8.94. The number of hydrogen-bond acceptors (Lipinski definition) is 3. The molecule has 0 aliphatic carbocycles. The molecule has 4 heteroatoms. The molecule has 0 aliphatic heterocycles. The van der Waals surface area contributed by atoms with Crippen LogP contribution in [0, 0.1) is 0 Å². The Morgan fingerprint density at radius 3 is 1.63 bits per heavy atom. The fraction of sp³-hybridized carbons (Fsp3) is 0.200. The van der Waals surface area contributed by atoms with Crippen molar-refractivity contribution < 1.29 is 4.57 Å². The van der Waals surface area contributed by atoms with Gasteiger partial charge < -0.3 is 16.0 Å². The highest BCUT2D eigenvalue weighted by molar-refractivity contribution is 7.79. The van der Waals surface area contributed by atoms with E-state index in [-0.39, 0.29) is 5.66 Å². The summed E-state index contributed by atoms with van der Waals surface area (Å²) < 4.78 is 13.5. The van der Waals surface area contributed by atoms with Gasteiger partial charge >= 0.3 is 0 Å². The number of nitrogen functional groups attached to an aromatic ring is 2. The van der Waals surface area contributed by atoms with E-state index in [1.165, 1.54) is 0 Å². The molecule has 0 aromatic heterocycles. The van der Waals surface area contributed by atoms with Crippen molar-refractivity contribution in [2.75, 3.05) is 11.5 Å². The van der Waals surface area contributed by atoms with Gasteiger partial charge in [-0.25, -0.2) is 0 Å². The van der Waals surface area contributed by atoms with Gasteiger partial charge in [0.25, 0.3) is 0 Å². The van der Waals surface area contributed by atoms with Gasteiger partial charge in [0.15, 0.2) is 0 Å². The summed E-state index contributed by atoms with van der Waals surface area (Å²) in [6, 6.07) is 14.6. The van der Waals surface area contributed by atoms with Gasteiger partial charge in [-0.1, -0.05) is 38.1 Å². The van der Waals surface area contributed by atoms with Crippen LogP contribution in [-0.2, 0) is 4.57 Å². The van der Waals surface area contributed by atoms with Crippen LogP contribution in [0.15, 0.2) is 48.5 Å². The van der Waals surface area contributed by atoms with E-state index in [1.54, 1.807) is 24.3 Å². The lowest BCUT2D eigenvalue weighted by atomic mass is 10.3. The van der Waals surface area contributed by atoms with Gasteiger partial charge in [0.1, 0.15) is 7.14 Å². The molecule has 0 fully saturated rings. The molecule has 0 heterocycles. The monoisotopic (exact) mass is 274 g/mol. The Kier molecular flexibility index (Phi) is 3.68.